The van der Waals surface area contributed by atoms with Crippen LogP contribution in [-0.4, -0.2) is 30.6 Å². The van der Waals surface area contributed by atoms with Crippen LogP contribution >= 0.6 is 23.1 Å². The van der Waals surface area contributed by atoms with Gasteiger partial charge in [-0.3, -0.25) is 4.79 Å². The number of rotatable bonds is 7. The van der Waals surface area contributed by atoms with E-state index in [1.165, 1.54) is 11.0 Å². The van der Waals surface area contributed by atoms with Gasteiger partial charge in [0.05, 0.1) is 10.2 Å². The van der Waals surface area contributed by atoms with E-state index in [1.807, 2.05) is 54.6 Å². The first-order valence-corrected chi connectivity index (χ1v) is 11.7. The van der Waals surface area contributed by atoms with Gasteiger partial charge in [-0.1, -0.05) is 42.1 Å². The van der Waals surface area contributed by atoms with Crippen LogP contribution < -0.4 is 5.32 Å². The zero-order chi connectivity index (χ0) is 21.8. The van der Waals surface area contributed by atoms with Crippen LogP contribution in [0.5, 0.6) is 0 Å². The van der Waals surface area contributed by atoms with Crippen LogP contribution in [0.2, 0.25) is 0 Å². The molecule has 158 valence electrons. The van der Waals surface area contributed by atoms with Crippen molar-refractivity contribution in [1.82, 2.24) is 30.0 Å². The Morgan fingerprint density at radius 1 is 1.06 bits per heavy atom. The van der Waals surface area contributed by atoms with Gasteiger partial charge in [-0.25, -0.2) is 19.6 Å². The number of benzene rings is 2. The largest absolute Gasteiger partial charge is 0.348 e. The van der Waals surface area contributed by atoms with Crippen molar-refractivity contribution in [3.63, 3.8) is 0 Å². The van der Waals surface area contributed by atoms with Crippen molar-refractivity contribution in [3.05, 3.63) is 96.2 Å². The molecule has 7 nitrogen and oxygen atoms in total. The number of pyridine rings is 1. The van der Waals surface area contributed by atoms with Crippen LogP contribution in [0, 0.1) is 0 Å². The number of para-hydroxylation sites is 1. The highest BCUT2D eigenvalue weighted by Crippen LogP contribution is 2.31. The van der Waals surface area contributed by atoms with Gasteiger partial charge in [0.1, 0.15) is 12.7 Å². The number of thioether (sulfide) groups is 1. The number of hydrogen-bond acceptors (Lipinski definition) is 7. The number of carbonyl (C=O) groups is 1. The number of amides is 1. The number of nitrogens with zero attached hydrogens (tertiary/aromatic N) is 5. The first kappa shape index (κ1) is 20.3. The lowest BCUT2D eigenvalue weighted by molar-refractivity contribution is 0.0951. The zero-order valence-electron chi connectivity index (χ0n) is 16.9. The fourth-order valence-corrected chi connectivity index (χ4v) is 5.20. The minimum atomic E-state index is -0.135. The van der Waals surface area contributed by atoms with Crippen LogP contribution in [0.3, 0.4) is 0 Å². The third-order valence-electron chi connectivity index (χ3n) is 4.80. The quantitative estimate of drug-likeness (QED) is 0.362. The fourth-order valence-electron chi connectivity index (χ4n) is 3.18. The topological polar surface area (TPSA) is 85.6 Å². The van der Waals surface area contributed by atoms with Gasteiger partial charge < -0.3 is 5.32 Å². The Morgan fingerprint density at radius 3 is 2.75 bits per heavy atom. The number of hydrogen-bond donors (Lipinski definition) is 1. The van der Waals surface area contributed by atoms with Gasteiger partial charge in [0.2, 0.25) is 0 Å². The van der Waals surface area contributed by atoms with Crippen LogP contribution in [-0.2, 0) is 12.3 Å². The summed E-state index contributed by atoms with van der Waals surface area (Å²) in [6.07, 6.45) is 4.72. The highest BCUT2D eigenvalue weighted by atomic mass is 32.2. The lowest BCUT2D eigenvalue weighted by Gasteiger charge is -2.09. The molecule has 0 radical (unpaired) electrons. The molecule has 0 aliphatic heterocycles. The number of carbonyl (C=O) groups excluding carboxylic acids is 1. The molecule has 0 saturated heterocycles. The van der Waals surface area contributed by atoms with E-state index in [4.69, 9.17) is 0 Å². The van der Waals surface area contributed by atoms with Crippen LogP contribution in [0.4, 0.5) is 0 Å². The van der Waals surface area contributed by atoms with Crippen molar-refractivity contribution < 1.29 is 4.79 Å². The molecular formula is C23H18N6OS2. The number of nitrogens with one attached hydrogen (secondary N) is 1. The molecule has 5 aromatic rings. The number of fused-ring (bicyclic) bond motifs is 1. The minimum Gasteiger partial charge on any atom is -0.348 e. The van der Waals surface area contributed by atoms with Crippen molar-refractivity contribution in [2.24, 2.45) is 0 Å². The smallest absolute Gasteiger partial charge is 0.251 e. The molecule has 0 bridgehead atoms. The van der Waals surface area contributed by atoms with Gasteiger partial charge >= 0.3 is 0 Å². The Morgan fingerprint density at radius 2 is 1.94 bits per heavy atom. The first-order chi connectivity index (χ1) is 15.8. The molecule has 0 saturated carbocycles. The third kappa shape index (κ3) is 4.53. The molecule has 1 amide bonds. The van der Waals surface area contributed by atoms with Gasteiger partial charge in [0.15, 0.2) is 10.2 Å². The molecule has 0 aliphatic rings. The predicted molar refractivity (Wildman–Crippen MR) is 126 cm³/mol. The summed E-state index contributed by atoms with van der Waals surface area (Å²) in [4.78, 5) is 25.6. The van der Waals surface area contributed by atoms with Crippen molar-refractivity contribution in [2.75, 3.05) is 0 Å². The normalized spacial score (nSPS) is 11.0. The number of thiazole rings is 1. The Bertz CT molecular complexity index is 1320. The summed E-state index contributed by atoms with van der Waals surface area (Å²) in [7, 11) is 0. The fraction of sp³-hybridized carbons (Fsp3) is 0.0870. The van der Waals surface area contributed by atoms with E-state index in [1.54, 1.807) is 40.3 Å². The van der Waals surface area contributed by atoms with E-state index in [2.05, 4.69) is 31.4 Å². The predicted octanol–water partition coefficient (Wildman–Crippen LogP) is 4.49. The van der Waals surface area contributed by atoms with E-state index in [0.717, 1.165) is 26.7 Å². The third-order valence-corrected chi connectivity index (χ3v) is 7.05. The second kappa shape index (κ2) is 9.29. The van der Waals surface area contributed by atoms with E-state index >= 15 is 0 Å². The summed E-state index contributed by atoms with van der Waals surface area (Å²) in [5, 5.41) is 7.07. The van der Waals surface area contributed by atoms with Crippen molar-refractivity contribution in [1.29, 1.82) is 0 Å². The Kier molecular flexibility index (Phi) is 5.91. The summed E-state index contributed by atoms with van der Waals surface area (Å²) >= 11 is 3.41. The monoisotopic (exact) mass is 458 g/mol. The SMILES string of the molecule is O=C(NCc1cccnc1-n1cncn1)c1ccc(CSc2nc3ccccc3s2)cc1. The van der Waals surface area contributed by atoms with Crippen LogP contribution in [0.25, 0.3) is 16.0 Å². The molecule has 3 heterocycles. The summed E-state index contributed by atoms with van der Waals surface area (Å²) in [6, 6.07) is 19.6. The average molecular weight is 459 g/mol. The van der Waals surface area contributed by atoms with Gasteiger partial charge in [0, 0.05) is 29.6 Å². The second-order valence-corrected chi connectivity index (χ2v) is 9.20. The van der Waals surface area contributed by atoms with E-state index < -0.39 is 0 Å². The summed E-state index contributed by atoms with van der Waals surface area (Å²) in [5.74, 6) is 1.31. The summed E-state index contributed by atoms with van der Waals surface area (Å²) in [6.45, 7) is 0.344. The first-order valence-electron chi connectivity index (χ1n) is 9.91. The second-order valence-electron chi connectivity index (χ2n) is 6.94. The number of aromatic nitrogens is 5. The molecule has 3 aromatic heterocycles. The maximum absolute atomic E-state index is 12.6. The molecule has 0 unspecified atom stereocenters. The maximum Gasteiger partial charge on any atom is 0.251 e. The van der Waals surface area contributed by atoms with Crippen LogP contribution in [0.1, 0.15) is 21.5 Å². The van der Waals surface area contributed by atoms with Gasteiger partial charge in [-0.05, 0) is 35.9 Å². The van der Waals surface area contributed by atoms with E-state index in [9.17, 15) is 4.79 Å². The Balaban J connectivity index is 1.19. The maximum atomic E-state index is 12.6. The molecular weight excluding hydrogens is 440 g/mol. The molecule has 0 fully saturated rings. The molecule has 1 N–H and O–H groups in total. The Labute approximate surface area is 192 Å². The van der Waals surface area contributed by atoms with Gasteiger partial charge in [0.25, 0.3) is 5.91 Å². The van der Waals surface area contributed by atoms with Gasteiger partial charge in [-0.15, -0.1) is 11.3 Å². The molecule has 0 spiro atoms. The Hall–Kier alpha value is -3.56. The lowest BCUT2D eigenvalue weighted by atomic mass is 10.1. The molecule has 0 aliphatic carbocycles. The minimum absolute atomic E-state index is 0.135. The van der Waals surface area contributed by atoms with Gasteiger partial charge in [-0.2, -0.15) is 5.10 Å². The molecule has 9 heteroatoms. The average Bonchev–Trinajstić information content (AvgIpc) is 3.51. The molecule has 2 aromatic carbocycles. The highest BCUT2D eigenvalue weighted by molar-refractivity contribution is 8.00. The van der Waals surface area contributed by atoms with E-state index in [-0.39, 0.29) is 5.91 Å². The molecule has 5 rings (SSSR count). The van der Waals surface area contributed by atoms with Crippen molar-refractivity contribution in [2.45, 2.75) is 16.6 Å². The van der Waals surface area contributed by atoms with Crippen molar-refractivity contribution >= 4 is 39.2 Å². The van der Waals surface area contributed by atoms with Crippen molar-refractivity contribution in [3.8, 4) is 5.82 Å². The lowest BCUT2D eigenvalue weighted by Crippen LogP contribution is -2.23. The van der Waals surface area contributed by atoms with Crippen LogP contribution in [0.15, 0.2) is 83.9 Å². The molecule has 0 atom stereocenters. The summed E-state index contributed by atoms with van der Waals surface area (Å²) in [5.41, 5.74) is 3.65. The summed E-state index contributed by atoms with van der Waals surface area (Å²) < 4.78 is 3.83. The molecule has 32 heavy (non-hydrogen) atoms. The zero-order valence-corrected chi connectivity index (χ0v) is 18.5. The highest BCUT2D eigenvalue weighted by Gasteiger charge is 2.10. The standard InChI is InChI=1S/C23H18N6OS2/c30-22(26-12-18-4-3-11-25-21(18)29-15-24-14-27-29)17-9-7-16(8-10-17)13-31-23-28-19-5-1-2-6-20(19)32-23/h1-11,14-15H,12-13H2,(H,26,30). The van der Waals surface area contributed by atoms with E-state index in [0.29, 0.717) is 17.9 Å².